The Morgan fingerprint density at radius 1 is 1.27 bits per heavy atom. The van der Waals surface area contributed by atoms with E-state index >= 15 is 0 Å². The fourth-order valence-corrected chi connectivity index (χ4v) is 2.25. The minimum atomic E-state index is -0.526. The molecule has 1 aliphatic rings. The number of nitrogens with zero attached hydrogens (tertiary/aromatic N) is 1. The van der Waals surface area contributed by atoms with Crippen LogP contribution in [0.4, 0.5) is 0 Å². The number of H-pyrrole nitrogens is 1. The third kappa shape index (κ3) is 1.08. The summed E-state index contributed by atoms with van der Waals surface area (Å²) in [5.74, 6) is 0. The van der Waals surface area contributed by atoms with Gasteiger partial charge in [0.25, 0.3) is 0 Å². The van der Waals surface area contributed by atoms with Crippen LogP contribution in [0.25, 0.3) is 11.0 Å². The Morgan fingerprint density at radius 3 is 3.00 bits per heavy atom. The van der Waals surface area contributed by atoms with Gasteiger partial charge < -0.3 is 9.55 Å². The summed E-state index contributed by atoms with van der Waals surface area (Å²) >= 11 is 0. The summed E-state index contributed by atoms with van der Waals surface area (Å²) in [5, 5.41) is 0. The topological polar surface area (TPSA) is 54.9 Å². The molecule has 2 heterocycles. The van der Waals surface area contributed by atoms with Crippen LogP contribution < -0.4 is 11.1 Å². The van der Waals surface area contributed by atoms with E-state index in [1.165, 1.54) is 0 Å². The minimum absolute atomic E-state index is 0.436. The van der Waals surface area contributed by atoms with Crippen LogP contribution in [-0.4, -0.2) is 9.55 Å². The zero-order chi connectivity index (χ0) is 10.4. The number of aryl methyl sites for hydroxylation is 2. The van der Waals surface area contributed by atoms with Crippen LogP contribution in [0.5, 0.6) is 0 Å². The van der Waals surface area contributed by atoms with Crippen molar-refractivity contribution in [2.75, 3.05) is 0 Å². The molecular formula is C11H10N2O2. The summed E-state index contributed by atoms with van der Waals surface area (Å²) in [4.78, 5) is 25.6. The number of hydrogen-bond acceptors (Lipinski definition) is 2. The monoisotopic (exact) mass is 202 g/mol. The quantitative estimate of drug-likeness (QED) is 0.637. The fourth-order valence-electron chi connectivity index (χ4n) is 2.25. The van der Waals surface area contributed by atoms with Crippen LogP contribution in [0.1, 0.15) is 12.0 Å². The highest BCUT2D eigenvalue weighted by Gasteiger charge is 2.14. The highest BCUT2D eigenvalue weighted by atomic mass is 16.2. The lowest BCUT2D eigenvalue weighted by Crippen LogP contribution is -2.37. The molecule has 0 saturated carbocycles. The van der Waals surface area contributed by atoms with E-state index in [1.54, 1.807) is 4.57 Å². The maximum atomic E-state index is 11.6. The molecule has 0 saturated heterocycles. The first-order valence-corrected chi connectivity index (χ1v) is 5.02. The van der Waals surface area contributed by atoms with E-state index in [-0.39, 0.29) is 0 Å². The molecule has 76 valence electrons. The van der Waals surface area contributed by atoms with Gasteiger partial charge in [-0.15, -0.1) is 0 Å². The van der Waals surface area contributed by atoms with E-state index in [1.807, 2.05) is 18.2 Å². The number of hydrogen-bond donors (Lipinski definition) is 1. The number of para-hydroxylation sites is 1. The molecule has 0 fully saturated rings. The van der Waals surface area contributed by atoms with Gasteiger partial charge >= 0.3 is 11.1 Å². The maximum Gasteiger partial charge on any atom is 0.316 e. The Morgan fingerprint density at radius 2 is 2.13 bits per heavy atom. The third-order valence-corrected chi connectivity index (χ3v) is 2.90. The molecule has 4 nitrogen and oxygen atoms in total. The molecule has 0 bridgehead atoms. The van der Waals surface area contributed by atoms with Crippen LogP contribution in [0.15, 0.2) is 27.8 Å². The van der Waals surface area contributed by atoms with E-state index in [0.717, 1.165) is 29.4 Å². The molecule has 1 aromatic carbocycles. The molecule has 4 heteroatoms. The number of aromatic nitrogens is 2. The molecule has 1 N–H and O–H groups in total. The molecular weight excluding hydrogens is 192 g/mol. The second-order valence-corrected chi connectivity index (χ2v) is 3.83. The van der Waals surface area contributed by atoms with Crippen LogP contribution in [0.2, 0.25) is 0 Å². The van der Waals surface area contributed by atoms with Gasteiger partial charge in [-0.3, -0.25) is 9.59 Å². The first-order valence-electron chi connectivity index (χ1n) is 5.02. The third-order valence-electron chi connectivity index (χ3n) is 2.90. The van der Waals surface area contributed by atoms with E-state index in [2.05, 4.69) is 4.98 Å². The zero-order valence-corrected chi connectivity index (χ0v) is 8.12. The van der Waals surface area contributed by atoms with Crippen molar-refractivity contribution >= 4 is 11.0 Å². The molecule has 0 spiro atoms. The van der Waals surface area contributed by atoms with Gasteiger partial charge in [0.2, 0.25) is 0 Å². The van der Waals surface area contributed by atoms with Crippen molar-refractivity contribution in [2.45, 2.75) is 19.4 Å². The normalized spacial score (nSPS) is 14.4. The van der Waals surface area contributed by atoms with Crippen molar-refractivity contribution in [3.63, 3.8) is 0 Å². The van der Waals surface area contributed by atoms with Crippen molar-refractivity contribution in [1.82, 2.24) is 9.55 Å². The molecule has 2 aromatic rings. The Hall–Kier alpha value is -1.84. The van der Waals surface area contributed by atoms with E-state index in [9.17, 15) is 9.59 Å². The smallest absolute Gasteiger partial charge is 0.316 e. The Balaban J connectivity index is 2.63. The minimum Gasteiger partial charge on any atom is -0.316 e. The van der Waals surface area contributed by atoms with Crippen molar-refractivity contribution in [1.29, 1.82) is 0 Å². The van der Waals surface area contributed by atoms with Crippen LogP contribution >= 0.6 is 0 Å². The van der Waals surface area contributed by atoms with Gasteiger partial charge in [-0.1, -0.05) is 12.1 Å². The fraction of sp³-hybridized carbons (Fsp3) is 0.273. The van der Waals surface area contributed by atoms with Gasteiger partial charge in [0.05, 0.1) is 11.0 Å². The highest BCUT2D eigenvalue weighted by molar-refractivity contribution is 5.78. The second-order valence-electron chi connectivity index (χ2n) is 3.83. The Labute approximate surface area is 85.2 Å². The van der Waals surface area contributed by atoms with Crippen LogP contribution in [0, 0.1) is 0 Å². The van der Waals surface area contributed by atoms with Crippen molar-refractivity contribution in [3.8, 4) is 0 Å². The van der Waals surface area contributed by atoms with Gasteiger partial charge in [0.15, 0.2) is 0 Å². The molecule has 0 unspecified atom stereocenters. The summed E-state index contributed by atoms with van der Waals surface area (Å²) < 4.78 is 1.59. The van der Waals surface area contributed by atoms with Gasteiger partial charge in [-0.25, -0.2) is 0 Å². The molecule has 1 aromatic heterocycles. The van der Waals surface area contributed by atoms with Gasteiger partial charge in [0.1, 0.15) is 0 Å². The average Bonchev–Trinajstić information content (AvgIpc) is 2.26. The lowest BCUT2D eigenvalue weighted by molar-refractivity contribution is 0.609. The van der Waals surface area contributed by atoms with E-state index < -0.39 is 11.1 Å². The highest BCUT2D eigenvalue weighted by Crippen LogP contribution is 2.20. The van der Waals surface area contributed by atoms with Crippen molar-refractivity contribution in [3.05, 3.63) is 44.5 Å². The summed E-state index contributed by atoms with van der Waals surface area (Å²) in [6.45, 7) is 0.649. The van der Waals surface area contributed by atoms with Crippen LogP contribution in [-0.2, 0) is 13.0 Å². The van der Waals surface area contributed by atoms with Crippen molar-refractivity contribution < 1.29 is 0 Å². The largest absolute Gasteiger partial charge is 0.316 e. The number of nitrogens with one attached hydrogen (secondary N) is 1. The van der Waals surface area contributed by atoms with E-state index in [0.29, 0.717) is 6.54 Å². The van der Waals surface area contributed by atoms with Crippen LogP contribution in [0.3, 0.4) is 0 Å². The summed E-state index contributed by atoms with van der Waals surface area (Å²) in [6, 6.07) is 5.75. The molecule has 15 heavy (non-hydrogen) atoms. The number of rotatable bonds is 0. The Kier molecular flexibility index (Phi) is 1.59. The zero-order valence-electron chi connectivity index (χ0n) is 8.12. The lowest BCUT2D eigenvalue weighted by atomic mass is 10.0. The molecule has 0 radical (unpaired) electrons. The summed E-state index contributed by atoms with van der Waals surface area (Å²) in [5.41, 5.74) is 1.84. The average molecular weight is 202 g/mol. The molecule has 0 amide bonds. The number of aromatic amines is 1. The lowest BCUT2D eigenvalue weighted by Gasteiger charge is -2.17. The Bertz CT molecular complexity index is 652. The summed E-state index contributed by atoms with van der Waals surface area (Å²) in [6.07, 6.45) is 1.90. The predicted molar refractivity (Wildman–Crippen MR) is 57.1 cm³/mol. The first kappa shape index (κ1) is 8.47. The van der Waals surface area contributed by atoms with Gasteiger partial charge in [0, 0.05) is 6.54 Å². The number of benzene rings is 1. The van der Waals surface area contributed by atoms with Gasteiger partial charge in [-0.2, -0.15) is 0 Å². The SMILES string of the molecule is O=c1[nH]c2cccc3c2n(c1=O)CCC3. The molecule has 0 aliphatic carbocycles. The summed E-state index contributed by atoms with van der Waals surface area (Å²) in [7, 11) is 0. The molecule has 1 aliphatic heterocycles. The van der Waals surface area contributed by atoms with Gasteiger partial charge in [-0.05, 0) is 24.5 Å². The van der Waals surface area contributed by atoms with Crippen molar-refractivity contribution in [2.24, 2.45) is 0 Å². The molecule has 3 rings (SSSR count). The second kappa shape index (κ2) is 2.82. The maximum absolute atomic E-state index is 11.6. The predicted octanol–water partition coefficient (Wildman–Crippen LogP) is 0.636. The standard InChI is InChI=1S/C11H10N2O2/c14-10-11(15)13-6-2-4-7-3-1-5-8(12-10)9(7)13/h1,3,5H,2,4,6H2,(H,12,14). The van der Waals surface area contributed by atoms with E-state index in [4.69, 9.17) is 0 Å². The molecule has 0 atom stereocenters. The first-order chi connectivity index (χ1) is 7.27.